The number of carbonyl (C=O) groups excluding carboxylic acids is 1. The molecule has 0 aromatic carbocycles. The van der Waals surface area contributed by atoms with Crippen LogP contribution in [0.5, 0.6) is 0 Å². The second-order valence-corrected chi connectivity index (χ2v) is 11.5. The number of fused-ring (bicyclic) bond motifs is 4. The lowest BCUT2D eigenvalue weighted by Crippen LogP contribution is -2.69. The van der Waals surface area contributed by atoms with E-state index in [0.717, 1.165) is 6.42 Å². The number of aliphatic hydroxyl groups is 2. The Morgan fingerprint density at radius 2 is 2.03 bits per heavy atom. The van der Waals surface area contributed by atoms with Crippen LogP contribution in [0.2, 0.25) is 0 Å². The summed E-state index contributed by atoms with van der Waals surface area (Å²) in [6, 6.07) is 2.03. The molecule has 4 fully saturated rings. The van der Waals surface area contributed by atoms with Gasteiger partial charge in [-0.25, -0.2) is 0 Å². The zero-order valence-corrected chi connectivity index (χ0v) is 19.3. The molecule has 5 aliphatic rings. The van der Waals surface area contributed by atoms with Crippen LogP contribution in [0.15, 0.2) is 34.2 Å². The molecule has 10 atom stereocenters. The number of furan rings is 1. The van der Waals surface area contributed by atoms with E-state index in [1.807, 2.05) is 19.3 Å². The van der Waals surface area contributed by atoms with Crippen LogP contribution in [0, 0.1) is 28.1 Å². The third-order valence-corrected chi connectivity index (χ3v) is 10.3. The fraction of sp³-hybridized carbons (Fsp3) is 0.731. The van der Waals surface area contributed by atoms with Crippen LogP contribution in [0.1, 0.15) is 58.4 Å². The molecule has 2 saturated heterocycles. The predicted octanol–water partition coefficient (Wildman–Crippen LogP) is 3.23. The summed E-state index contributed by atoms with van der Waals surface area (Å²) < 4.78 is 18.6. The molecule has 1 aromatic rings. The SMILES string of the molecule is CC1=C2[C@@H](C[C@H]1c1ccoc1)O[C@@H]1[C@@H]3OC[C@]4(C)C(=O)C[C@@H](O)[C@@](C)([C@@H]34)[C@@H](CCO)[C@]21C. The second-order valence-electron chi connectivity index (χ2n) is 11.5. The van der Waals surface area contributed by atoms with E-state index in [0.29, 0.717) is 13.0 Å². The van der Waals surface area contributed by atoms with Gasteiger partial charge in [-0.1, -0.05) is 26.3 Å². The van der Waals surface area contributed by atoms with Gasteiger partial charge in [0.25, 0.3) is 0 Å². The summed E-state index contributed by atoms with van der Waals surface area (Å²) in [5.74, 6) is 0.202. The summed E-state index contributed by atoms with van der Waals surface area (Å²) in [6.07, 6.45) is 3.94. The Bertz CT molecular complexity index is 982. The Labute approximate surface area is 189 Å². The zero-order valence-electron chi connectivity index (χ0n) is 19.3. The molecule has 3 heterocycles. The number of hydrogen-bond donors (Lipinski definition) is 2. The van der Waals surface area contributed by atoms with Gasteiger partial charge in [0, 0.05) is 35.7 Å². The highest BCUT2D eigenvalue weighted by molar-refractivity contribution is 5.87. The van der Waals surface area contributed by atoms with Gasteiger partial charge in [-0.05, 0) is 42.9 Å². The molecule has 0 spiro atoms. The number of rotatable bonds is 3. The summed E-state index contributed by atoms with van der Waals surface area (Å²) in [5.41, 5.74) is 2.26. The first kappa shape index (κ1) is 21.1. The highest BCUT2D eigenvalue weighted by atomic mass is 16.6. The minimum atomic E-state index is -0.752. The van der Waals surface area contributed by atoms with E-state index < -0.39 is 16.9 Å². The van der Waals surface area contributed by atoms with E-state index in [1.54, 1.807) is 6.26 Å². The smallest absolute Gasteiger partial charge is 0.144 e. The van der Waals surface area contributed by atoms with Gasteiger partial charge in [0.05, 0.1) is 49.0 Å². The lowest BCUT2D eigenvalue weighted by atomic mass is 9.40. The van der Waals surface area contributed by atoms with Crippen molar-refractivity contribution >= 4 is 5.78 Å². The van der Waals surface area contributed by atoms with Crippen molar-refractivity contribution in [3.8, 4) is 0 Å². The van der Waals surface area contributed by atoms with Gasteiger partial charge >= 0.3 is 0 Å². The zero-order chi connectivity index (χ0) is 22.6. The first-order valence-electron chi connectivity index (χ1n) is 12.0. The number of allylic oxidation sites excluding steroid dienone is 1. The maximum Gasteiger partial charge on any atom is 0.144 e. The van der Waals surface area contributed by atoms with Gasteiger partial charge in [0.2, 0.25) is 0 Å². The van der Waals surface area contributed by atoms with E-state index in [-0.39, 0.29) is 60.3 Å². The van der Waals surface area contributed by atoms with E-state index in [9.17, 15) is 15.0 Å². The molecule has 0 radical (unpaired) electrons. The van der Waals surface area contributed by atoms with Crippen molar-refractivity contribution in [1.82, 2.24) is 0 Å². The summed E-state index contributed by atoms with van der Waals surface area (Å²) in [5, 5.41) is 21.6. The molecule has 6 nitrogen and oxygen atoms in total. The Kier molecular flexibility index (Phi) is 4.32. The average molecular weight is 443 g/mol. The normalized spacial score (nSPS) is 51.7. The molecule has 6 rings (SSSR count). The molecule has 0 unspecified atom stereocenters. The van der Waals surface area contributed by atoms with Gasteiger partial charge in [0.1, 0.15) is 5.78 Å². The van der Waals surface area contributed by atoms with Gasteiger partial charge in [-0.15, -0.1) is 0 Å². The predicted molar refractivity (Wildman–Crippen MR) is 116 cm³/mol. The van der Waals surface area contributed by atoms with E-state index in [1.165, 1.54) is 16.7 Å². The molecule has 2 saturated carbocycles. The van der Waals surface area contributed by atoms with Crippen molar-refractivity contribution in [2.45, 2.75) is 77.3 Å². The first-order chi connectivity index (χ1) is 15.2. The Morgan fingerprint density at radius 1 is 1.25 bits per heavy atom. The molecule has 2 N–H and O–H groups in total. The van der Waals surface area contributed by atoms with Crippen LogP contribution >= 0.6 is 0 Å². The second kappa shape index (κ2) is 6.56. The fourth-order valence-corrected chi connectivity index (χ4v) is 9.03. The van der Waals surface area contributed by atoms with Crippen molar-refractivity contribution in [1.29, 1.82) is 0 Å². The lowest BCUT2D eigenvalue weighted by molar-refractivity contribution is -0.223. The minimum Gasteiger partial charge on any atom is -0.472 e. The summed E-state index contributed by atoms with van der Waals surface area (Å²) in [7, 11) is 0. The number of aliphatic hydroxyl groups excluding tert-OH is 2. The maximum atomic E-state index is 13.1. The number of carbonyl (C=O) groups is 1. The molecule has 0 amide bonds. The largest absolute Gasteiger partial charge is 0.472 e. The summed E-state index contributed by atoms with van der Waals surface area (Å²) >= 11 is 0. The minimum absolute atomic E-state index is 0.0156. The number of ether oxygens (including phenoxy) is 2. The van der Waals surface area contributed by atoms with Crippen LogP contribution in [0.3, 0.4) is 0 Å². The molecule has 2 aliphatic heterocycles. The molecular weight excluding hydrogens is 408 g/mol. The molecule has 6 heteroatoms. The third-order valence-electron chi connectivity index (χ3n) is 10.3. The average Bonchev–Trinajstić information content (AvgIpc) is 3.50. The maximum absolute atomic E-state index is 13.1. The summed E-state index contributed by atoms with van der Waals surface area (Å²) in [6.45, 7) is 9.04. The topological polar surface area (TPSA) is 89.1 Å². The molecular formula is C26H34O6. The quantitative estimate of drug-likeness (QED) is 0.699. The van der Waals surface area contributed by atoms with Crippen molar-refractivity contribution < 1.29 is 28.9 Å². The fourth-order valence-electron chi connectivity index (χ4n) is 9.03. The van der Waals surface area contributed by atoms with Gasteiger partial charge in [-0.2, -0.15) is 0 Å². The Balaban J connectivity index is 1.54. The highest BCUT2D eigenvalue weighted by Gasteiger charge is 2.77. The van der Waals surface area contributed by atoms with Crippen LogP contribution in [0.25, 0.3) is 0 Å². The number of Topliss-reactive ketones (excluding diaryl/α,β-unsaturated/α-hetero) is 1. The number of hydrogen-bond acceptors (Lipinski definition) is 6. The van der Waals surface area contributed by atoms with E-state index in [2.05, 4.69) is 20.8 Å². The van der Waals surface area contributed by atoms with Crippen LogP contribution in [-0.4, -0.2) is 53.6 Å². The van der Waals surface area contributed by atoms with Crippen LogP contribution in [-0.2, 0) is 14.3 Å². The lowest BCUT2D eigenvalue weighted by Gasteiger charge is -2.63. The molecule has 174 valence electrons. The van der Waals surface area contributed by atoms with Gasteiger partial charge in [-0.3, -0.25) is 4.79 Å². The van der Waals surface area contributed by atoms with Gasteiger partial charge in [0.15, 0.2) is 0 Å². The molecule has 1 aromatic heterocycles. The van der Waals surface area contributed by atoms with E-state index >= 15 is 0 Å². The van der Waals surface area contributed by atoms with Crippen molar-refractivity contribution in [3.63, 3.8) is 0 Å². The highest BCUT2D eigenvalue weighted by Crippen LogP contribution is 2.72. The Hall–Kier alpha value is -1.47. The van der Waals surface area contributed by atoms with Crippen LogP contribution in [0.4, 0.5) is 0 Å². The Morgan fingerprint density at radius 3 is 2.72 bits per heavy atom. The molecule has 3 aliphatic carbocycles. The number of ketones is 1. The third kappa shape index (κ3) is 2.23. The molecule has 0 bridgehead atoms. The standard InChI is InChI=1S/C26H34O6/c1-13-15(14-6-8-30-11-14)9-16-20(13)26(4)17(5-7-27)25(3)19(29)10-18(28)24(2)12-31-21(22(24)25)23(26)32-16/h6,8,11,15-17,19,21-23,27,29H,5,7,9-10,12H2,1-4H3/t15-,16-,17-,19-,21-,22+,23-,24-,25+,26-/m1/s1. The van der Waals surface area contributed by atoms with Gasteiger partial charge < -0.3 is 24.1 Å². The molecule has 32 heavy (non-hydrogen) atoms. The van der Waals surface area contributed by atoms with Crippen LogP contribution < -0.4 is 0 Å². The monoisotopic (exact) mass is 442 g/mol. The van der Waals surface area contributed by atoms with Crippen molar-refractivity contribution in [3.05, 3.63) is 35.3 Å². The van der Waals surface area contributed by atoms with Crippen molar-refractivity contribution in [2.75, 3.05) is 13.2 Å². The van der Waals surface area contributed by atoms with Crippen molar-refractivity contribution in [2.24, 2.45) is 28.1 Å². The first-order valence-corrected chi connectivity index (χ1v) is 12.0. The van der Waals surface area contributed by atoms with E-state index in [4.69, 9.17) is 13.9 Å². The summed E-state index contributed by atoms with van der Waals surface area (Å²) in [4.78, 5) is 13.1.